The first-order chi connectivity index (χ1) is 44.9. The fraction of sp³-hybridized carbons (Fsp3) is 0.540. The Morgan fingerprint density at radius 3 is 1.39 bits per heavy atom. The summed E-state index contributed by atoms with van der Waals surface area (Å²) in [5.41, 5.74) is 8.43. The molecule has 5 aliphatic heterocycles. The minimum Gasteiger partial charge on any atom is -0.477 e. The number of carboxylic acids is 1. The van der Waals surface area contributed by atoms with E-state index in [1.165, 1.54) is 53.9 Å². The summed E-state index contributed by atoms with van der Waals surface area (Å²) in [6.45, 7) is 10.2. The molecule has 5 aromatic rings. The van der Waals surface area contributed by atoms with Gasteiger partial charge in [-0.25, -0.2) is 24.0 Å². The van der Waals surface area contributed by atoms with Gasteiger partial charge in [0.1, 0.15) is 46.3 Å². The zero-order chi connectivity index (χ0) is 69.1. The van der Waals surface area contributed by atoms with Gasteiger partial charge in [-0.05, 0) is 114 Å². The third-order valence-electron chi connectivity index (χ3n) is 15.1. The number of aliphatic hydroxyl groups is 2. The van der Waals surface area contributed by atoms with Gasteiger partial charge in [0.05, 0.1) is 102 Å². The number of nitrogens with zero attached hydrogens (tertiary/aromatic N) is 4. The third-order valence-corrected chi connectivity index (χ3v) is 15.1. The van der Waals surface area contributed by atoms with Crippen LogP contribution in [0, 0.1) is 0 Å². The highest BCUT2D eigenvalue weighted by atomic mass is 35.5. The highest BCUT2D eigenvalue weighted by Gasteiger charge is 2.32. The number of halogens is 1. The number of aliphatic hydroxyl groups excluding tert-OH is 2. The van der Waals surface area contributed by atoms with Crippen molar-refractivity contribution in [2.24, 2.45) is 5.73 Å². The van der Waals surface area contributed by atoms with E-state index in [1.807, 2.05) is 0 Å². The fourth-order valence-corrected chi connectivity index (χ4v) is 10.2. The number of hydrogen-bond acceptors (Lipinski definition) is 25. The third kappa shape index (κ3) is 23.5. The average molecular weight is 1360 g/mol. The molecule has 10 atom stereocenters. The summed E-state index contributed by atoms with van der Waals surface area (Å²) in [5.74, 6) is -2.56. The summed E-state index contributed by atoms with van der Waals surface area (Å²) in [5, 5.41) is 30.3. The number of ether oxygens (including phenoxy) is 11. The maximum Gasteiger partial charge on any atom is 0.412 e. The predicted octanol–water partition coefficient (Wildman–Crippen LogP) is 3.00. The minimum absolute atomic E-state index is 0. The molecule has 0 aromatic carbocycles. The summed E-state index contributed by atoms with van der Waals surface area (Å²) in [7, 11) is 7.21. The minimum atomic E-state index is -1.21. The zero-order valence-corrected chi connectivity index (χ0v) is 55.1. The molecule has 0 aliphatic carbocycles. The Balaban J connectivity index is 0.000000248. The number of anilines is 2. The van der Waals surface area contributed by atoms with Crippen LogP contribution in [0.5, 0.6) is 0 Å². The first kappa shape index (κ1) is 79.5. The molecule has 31 nitrogen and oxygen atoms in total. The smallest absolute Gasteiger partial charge is 0.412 e. The van der Waals surface area contributed by atoms with E-state index >= 15 is 0 Å². The monoisotopic (exact) mass is 1360 g/mol. The number of aromatic carboxylic acids is 1. The lowest BCUT2D eigenvalue weighted by Crippen LogP contribution is -2.43. The van der Waals surface area contributed by atoms with Gasteiger partial charge in [-0.2, -0.15) is 0 Å². The van der Waals surface area contributed by atoms with E-state index in [2.05, 4.69) is 19.2 Å². The van der Waals surface area contributed by atoms with Crippen LogP contribution in [0.3, 0.4) is 0 Å². The summed E-state index contributed by atoms with van der Waals surface area (Å²) >= 11 is 0. The van der Waals surface area contributed by atoms with E-state index in [9.17, 15) is 48.3 Å². The van der Waals surface area contributed by atoms with Crippen molar-refractivity contribution < 1.29 is 91.0 Å². The molecule has 0 unspecified atom stereocenters. The number of aromatic nitrogens is 4. The lowest BCUT2D eigenvalue weighted by atomic mass is 10.1. The number of carboxylic acid groups (broad SMARTS) is 1. The Kier molecular flexibility index (Phi) is 33.3. The van der Waals surface area contributed by atoms with E-state index in [0.717, 1.165) is 6.42 Å². The number of nitrogen functional groups attached to an aromatic ring is 1. The van der Waals surface area contributed by atoms with Crippen LogP contribution in [0.1, 0.15) is 108 Å². The van der Waals surface area contributed by atoms with Crippen LogP contribution in [-0.4, -0.2) is 201 Å². The van der Waals surface area contributed by atoms with Crippen molar-refractivity contribution in [1.82, 2.24) is 18.3 Å². The molecule has 0 radical (unpaired) electrons. The van der Waals surface area contributed by atoms with Crippen molar-refractivity contribution in [2.45, 2.75) is 119 Å². The molecule has 95 heavy (non-hydrogen) atoms. The number of carbonyl (C=O) groups is 4. The molecule has 5 saturated heterocycles. The summed E-state index contributed by atoms with van der Waals surface area (Å²) < 4.78 is 66.6. The standard InChI is InChI=1S/C16H24N2O5.2C12H15NO5.C11H16N2O3.C7H6O4.C5H11NO2.ClH/c1-16(2,3)23-15(20)17-11-6-5-8-18(14(11)19)12-7-9-22-10-13(12)21-4;1-17-10-7-18-6-4-9(10)13-5-2-3-8(11(13)14)12(15)16;1-17-12(16)8-3-2-5-13(11(8)15)9-4-6-18-7-10(9)14;1-15-10-7-16-6-4-9(10)13-5-2-3-8(12)11(13)14;1-10-6(8)5-3-2-4-11-7(5)9;6-4-3-8-2-1-5(4)7;/h5-6,8,12-13H,7,9-10H2,1-4H3,(H,17,20);2-3,5,9-10H,4,6-7H2,1H3,(H,15,16);2-3,5,9-10,14H,4,6-7H2,1H3;2-3,5,9-10H,4,6-7,12H2,1H3;2-4H,1H3;4-5,7H,1-3,6H2;1H/t12-,13+;3*9-,10+;;4-,5+;/m0000.0./s1. The van der Waals surface area contributed by atoms with E-state index in [0.29, 0.717) is 85.1 Å². The molecule has 5 aliphatic rings. The topological polar surface area (TPSA) is 413 Å². The first-order valence-electron chi connectivity index (χ1n) is 30.1. The summed E-state index contributed by atoms with van der Waals surface area (Å²) in [4.78, 5) is 104. The molecular formula is C63H88ClN7O24. The molecule has 5 fully saturated rings. The molecule has 10 heterocycles. The normalized spacial score (nSPS) is 23.0. The lowest BCUT2D eigenvalue weighted by Gasteiger charge is -2.32. The Bertz CT molecular complexity index is 3520. The number of methoxy groups -OCH3 is 5. The number of rotatable bonds is 11. The van der Waals surface area contributed by atoms with Crippen molar-refractivity contribution in [3.63, 3.8) is 0 Å². The average Bonchev–Trinajstić information content (AvgIpc) is 0.892. The van der Waals surface area contributed by atoms with Gasteiger partial charge in [-0.15, -0.1) is 12.4 Å². The predicted molar refractivity (Wildman–Crippen MR) is 345 cm³/mol. The van der Waals surface area contributed by atoms with Crippen LogP contribution in [0.25, 0.3) is 0 Å². The van der Waals surface area contributed by atoms with Crippen LogP contribution in [-0.2, 0) is 52.1 Å². The second-order valence-corrected chi connectivity index (χ2v) is 22.5. The van der Waals surface area contributed by atoms with Crippen molar-refractivity contribution in [2.75, 3.05) is 113 Å². The second kappa shape index (κ2) is 39.8. The molecule has 526 valence electrons. The van der Waals surface area contributed by atoms with Crippen molar-refractivity contribution >= 4 is 47.8 Å². The van der Waals surface area contributed by atoms with Crippen LogP contribution < -0.4 is 44.6 Å². The van der Waals surface area contributed by atoms with Gasteiger partial charge in [0.25, 0.3) is 22.2 Å². The second-order valence-electron chi connectivity index (χ2n) is 22.5. The number of pyridine rings is 4. The maximum absolute atomic E-state index is 12.6. The summed E-state index contributed by atoms with van der Waals surface area (Å²) in [6, 6.07) is 14.5. The molecular weight excluding hydrogens is 1270 g/mol. The Hall–Kier alpha value is -7.92. The SMILES string of the molecule is COC(=O)c1cccn([C@H]2CCOC[C@H]2O)c1=O.COC(=O)c1cccoc1=O.CO[C@@H]1COCC[C@@H]1n1cccc(C(=O)O)c1=O.CO[C@@H]1COCC[C@@H]1n1cccc(N)c1=O.CO[C@@H]1COCC[C@@H]1n1cccc(NC(=O)OC(C)(C)C)c1=O.Cl.N[C@H]1COCC[C@H]1O. The van der Waals surface area contributed by atoms with Gasteiger partial charge in [0.15, 0.2) is 0 Å². The Morgan fingerprint density at radius 2 is 0.937 bits per heavy atom. The van der Waals surface area contributed by atoms with Crippen LogP contribution in [0.2, 0.25) is 0 Å². The quantitative estimate of drug-likeness (QED) is 0.0817. The molecule has 0 saturated carbocycles. The molecule has 32 heteroatoms. The van der Waals surface area contributed by atoms with Gasteiger partial charge in [0, 0.05) is 79.2 Å². The largest absolute Gasteiger partial charge is 0.477 e. The lowest BCUT2D eigenvalue weighted by molar-refractivity contribution is -0.0609. The molecule has 5 aromatic heterocycles. The molecule has 0 bridgehead atoms. The number of carbonyl (C=O) groups excluding carboxylic acids is 3. The number of nitrogens with one attached hydrogen (secondary N) is 1. The van der Waals surface area contributed by atoms with E-state index in [1.54, 1.807) is 112 Å². The molecule has 8 N–H and O–H groups in total. The van der Waals surface area contributed by atoms with Crippen molar-refractivity contribution in [1.29, 1.82) is 0 Å². The summed E-state index contributed by atoms with van der Waals surface area (Å²) in [6.07, 6.45) is 8.83. The van der Waals surface area contributed by atoms with Crippen molar-refractivity contribution in [3.8, 4) is 0 Å². The number of hydrogen-bond donors (Lipinski definition) is 6. The number of nitrogens with two attached hydrogens (primary N) is 2. The molecule has 1 amide bonds. The van der Waals surface area contributed by atoms with Crippen LogP contribution in [0.15, 0.2) is 120 Å². The van der Waals surface area contributed by atoms with Gasteiger partial charge in [-0.1, -0.05) is 0 Å². The molecule has 0 spiro atoms. The van der Waals surface area contributed by atoms with Gasteiger partial charge in [0.2, 0.25) is 0 Å². The Morgan fingerprint density at radius 1 is 0.526 bits per heavy atom. The maximum atomic E-state index is 12.6. The highest BCUT2D eigenvalue weighted by molar-refractivity contribution is 5.89. The van der Waals surface area contributed by atoms with E-state index in [4.69, 9.17) is 64.3 Å². The van der Waals surface area contributed by atoms with Gasteiger partial charge >= 0.3 is 29.6 Å². The highest BCUT2D eigenvalue weighted by Crippen LogP contribution is 2.26. The zero-order valence-electron chi connectivity index (χ0n) is 54.3. The van der Waals surface area contributed by atoms with Crippen LogP contribution in [0.4, 0.5) is 16.2 Å². The van der Waals surface area contributed by atoms with Crippen LogP contribution >= 0.6 is 12.4 Å². The van der Waals surface area contributed by atoms with Gasteiger partial charge in [-0.3, -0.25) is 24.5 Å². The van der Waals surface area contributed by atoms with Crippen molar-refractivity contribution in [3.05, 3.63) is 160 Å². The van der Waals surface area contributed by atoms with E-state index in [-0.39, 0.29) is 113 Å². The Labute approximate surface area is 553 Å². The number of esters is 2. The van der Waals surface area contributed by atoms with Gasteiger partial charge < -0.3 is 102 Å². The number of amides is 1. The van der Waals surface area contributed by atoms with E-state index < -0.39 is 52.5 Å². The first-order valence-corrected chi connectivity index (χ1v) is 30.1. The fourth-order valence-electron chi connectivity index (χ4n) is 10.2. The molecule has 10 rings (SSSR count).